The molecule has 1 fully saturated rings. The summed E-state index contributed by atoms with van der Waals surface area (Å²) in [6.07, 6.45) is 3.46. The molecule has 1 aromatic rings. The molecule has 1 aromatic heterocycles. The molecular weight excluding hydrogens is 235 g/mol. The van der Waals surface area contributed by atoms with Crippen LogP contribution in [0.4, 0.5) is 4.39 Å². The van der Waals surface area contributed by atoms with Crippen molar-refractivity contribution in [1.82, 2.24) is 15.6 Å². The topological polar surface area (TPSA) is 66.4 Å². The van der Waals surface area contributed by atoms with Crippen LogP contribution in [0.25, 0.3) is 0 Å². The lowest BCUT2D eigenvalue weighted by atomic mass is 9.94. The Kier molecular flexibility index (Phi) is 3.27. The van der Waals surface area contributed by atoms with Crippen molar-refractivity contribution in [3.63, 3.8) is 0 Å². The van der Waals surface area contributed by atoms with Gasteiger partial charge in [-0.25, -0.2) is 4.39 Å². The van der Waals surface area contributed by atoms with E-state index in [2.05, 4.69) is 20.6 Å². The van der Waals surface area contributed by atoms with Crippen LogP contribution in [0.1, 0.15) is 25.8 Å². The summed E-state index contributed by atoms with van der Waals surface area (Å²) in [5.74, 6) is -0.305. The molecule has 1 aliphatic heterocycles. The van der Waals surface area contributed by atoms with Crippen LogP contribution in [0.2, 0.25) is 0 Å². The Labute approximate surface area is 105 Å². The van der Waals surface area contributed by atoms with Crippen LogP contribution in [0.3, 0.4) is 0 Å². The van der Waals surface area contributed by atoms with Gasteiger partial charge in [0, 0.05) is 18.3 Å². The summed E-state index contributed by atoms with van der Waals surface area (Å²) >= 11 is 0. The lowest BCUT2D eigenvalue weighted by Gasteiger charge is -2.20. The Morgan fingerprint density at radius 2 is 2.28 bits per heavy atom. The molecule has 0 aliphatic carbocycles. The summed E-state index contributed by atoms with van der Waals surface area (Å²) in [6.45, 7) is 4.30. The molecule has 18 heavy (non-hydrogen) atoms. The third-order valence-electron chi connectivity index (χ3n) is 2.83. The van der Waals surface area contributed by atoms with Crippen LogP contribution in [0, 0.1) is 5.82 Å². The molecule has 0 aromatic carbocycles. The fraction of sp³-hybridized carbons (Fsp3) is 0.417. The molecule has 0 spiro atoms. The van der Waals surface area contributed by atoms with Crippen LogP contribution in [-0.2, 0) is 10.3 Å². The van der Waals surface area contributed by atoms with Crippen LogP contribution in [-0.4, -0.2) is 23.4 Å². The Morgan fingerprint density at radius 1 is 1.50 bits per heavy atom. The molecule has 6 heteroatoms. The van der Waals surface area contributed by atoms with Crippen molar-refractivity contribution in [3.05, 3.63) is 29.8 Å². The Balaban J connectivity index is 2.29. The van der Waals surface area contributed by atoms with E-state index in [9.17, 15) is 9.18 Å². The first-order chi connectivity index (χ1) is 8.56. The molecule has 0 radical (unpaired) electrons. The van der Waals surface area contributed by atoms with Crippen molar-refractivity contribution in [2.24, 2.45) is 4.99 Å². The van der Waals surface area contributed by atoms with E-state index in [0.29, 0.717) is 18.1 Å². The molecule has 2 rings (SSSR count). The van der Waals surface area contributed by atoms with Gasteiger partial charge in [-0.15, -0.1) is 0 Å². The second-order valence-corrected chi connectivity index (χ2v) is 4.33. The maximum absolute atomic E-state index is 13.2. The number of rotatable bonds is 3. The van der Waals surface area contributed by atoms with Crippen molar-refractivity contribution < 1.29 is 9.18 Å². The standard InChI is InChI=1S/C12H15FN4O/c1-3-4-15-11-16-10(18)12(2,17-11)8-5-9(13)7-14-6-8/h5-7H,3-4H2,1-2H3,(H2,15,16,17,18). The van der Waals surface area contributed by atoms with E-state index in [1.165, 1.54) is 12.3 Å². The van der Waals surface area contributed by atoms with Gasteiger partial charge in [0.15, 0.2) is 5.96 Å². The molecule has 0 saturated carbocycles. The van der Waals surface area contributed by atoms with Gasteiger partial charge in [-0.3, -0.25) is 20.1 Å². The molecule has 96 valence electrons. The van der Waals surface area contributed by atoms with Crippen LogP contribution in [0.15, 0.2) is 23.5 Å². The number of carbonyl (C=O) groups excluding carboxylic acids is 1. The molecule has 1 saturated heterocycles. The van der Waals surface area contributed by atoms with Crippen molar-refractivity contribution in [3.8, 4) is 0 Å². The van der Waals surface area contributed by atoms with Crippen LogP contribution < -0.4 is 10.6 Å². The minimum Gasteiger partial charge on any atom is -0.338 e. The Hall–Kier alpha value is -1.98. The van der Waals surface area contributed by atoms with Crippen LogP contribution >= 0.6 is 0 Å². The summed E-state index contributed by atoms with van der Waals surface area (Å²) in [4.78, 5) is 19.9. The third-order valence-corrected chi connectivity index (χ3v) is 2.83. The van der Waals surface area contributed by atoms with Crippen molar-refractivity contribution in [2.75, 3.05) is 6.54 Å². The highest BCUT2D eigenvalue weighted by molar-refractivity contribution is 6.09. The Bertz CT molecular complexity index is 503. The van der Waals surface area contributed by atoms with Crippen molar-refractivity contribution in [1.29, 1.82) is 0 Å². The van der Waals surface area contributed by atoms with Gasteiger partial charge in [0.2, 0.25) is 0 Å². The molecule has 0 bridgehead atoms. The normalized spacial score (nSPS) is 25.1. The molecule has 2 N–H and O–H groups in total. The number of hydrogen-bond acceptors (Lipinski definition) is 3. The zero-order valence-corrected chi connectivity index (χ0v) is 10.3. The SMILES string of the molecule is CCCN=C1NC(=O)C(C)(c2cncc(F)c2)N1. The predicted octanol–water partition coefficient (Wildman–Crippen LogP) is 0.921. The van der Waals surface area contributed by atoms with Gasteiger partial charge in [-0.1, -0.05) is 6.92 Å². The number of nitrogens with one attached hydrogen (secondary N) is 2. The number of aromatic nitrogens is 1. The Morgan fingerprint density at radius 3 is 2.94 bits per heavy atom. The summed E-state index contributed by atoms with van der Waals surface area (Å²) in [5, 5.41) is 5.63. The number of nitrogens with zero attached hydrogens (tertiary/aromatic N) is 2. The van der Waals surface area contributed by atoms with Gasteiger partial charge in [0.1, 0.15) is 11.4 Å². The van der Waals surface area contributed by atoms with Gasteiger partial charge in [0.05, 0.1) is 6.20 Å². The average Bonchev–Trinajstić information content (AvgIpc) is 2.64. The average molecular weight is 250 g/mol. The minimum absolute atomic E-state index is 0.259. The highest BCUT2D eigenvalue weighted by Crippen LogP contribution is 2.23. The van der Waals surface area contributed by atoms with E-state index < -0.39 is 11.4 Å². The predicted molar refractivity (Wildman–Crippen MR) is 65.4 cm³/mol. The highest BCUT2D eigenvalue weighted by atomic mass is 19.1. The van der Waals surface area contributed by atoms with Crippen molar-refractivity contribution in [2.45, 2.75) is 25.8 Å². The minimum atomic E-state index is -1.03. The molecule has 1 atom stereocenters. The summed E-state index contributed by atoms with van der Waals surface area (Å²) in [6, 6.07) is 1.29. The van der Waals surface area contributed by atoms with Crippen molar-refractivity contribution >= 4 is 11.9 Å². The smallest absolute Gasteiger partial charge is 0.256 e. The molecule has 1 unspecified atom stereocenters. The highest BCUT2D eigenvalue weighted by Gasteiger charge is 2.42. The van der Waals surface area contributed by atoms with E-state index in [4.69, 9.17) is 0 Å². The molecule has 1 amide bonds. The van der Waals surface area contributed by atoms with Gasteiger partial charge in [-0.05, 0) is 19.4 Å². The summed E-state index contributed by atoms with van der Waals surface area (Å²) in [7, 11) is 0. The lowest BCUT2D eigenvalue weighted by Crippen LogP contribution is -2.40. The van der Waals surface area contributed by atoms with E-state index in [-0.39, 0.29) is 5.91 Å². The fourth-order valence-electron chi connectivity index (χ4n) is 1.75. The summed E-state index contributed by atoms with van der Waals surface area (Å²) in [5.41, 5.74) is -0.552. The monoisotopic (exact) mass is 250 g/mol. The number of pyridine rings is 1. The largest absolute Gasteiger partial charge is 0.338 e. The first-order valence-electron chi connectivity index (χ1n) is 5.81. The number of aliphatic imine (C=N–C) groups is 1. The van der Waals surface area contributed by atoms with Crippen LogP contribution in [0.5, 0.6) is 0 Å². The molecule has 5 nitrogen and oxygen atoms in total. The molecular formula is C12H15FN4O. The van der Waals surface area contributed by atoms with Gasteiger partial charge in [-0.2, -0.15) is 0 Å². The molecule has 1 aliphatic rings. The quantitative estimate of drug-likeness (QED) is 0.838. The third kappa shape index (κ3) is 2.18. The maximum atomic E-state index is 13.2. The van der Waals surface area contributed by atoms with E-state index >= 15 is 0 Å². The first-order valence-corrected chi connectivity index (χ1v) is 5.81. The van der Waals surface area contributed by atoms with E-state index in [1.54, 1.807) is 6.92 Å². The number of halogens is 1. The first kappa shape index (κ1) is 12.5. The zero-order chi connectivity index (χ0) is 13.2. The van der Waals surface area contributed by atoms with Gasteiger partial charge >= 0.3 is 0 Å². The second-order valence-electron chi connectivity index (χ2n) is 4.33. The van der Waals surface area contributed by atoms with Gasteiger partial charge < -0.3 is 5.32 Å². The number of carbonyl (C=O) groups is 1. The van der Waals surface area contributed by atoms with E-state index in [0.717, 1.165) is 12.6 Å². The van der Waals surface area contributed by atoms with Gasteiger partial charge in [0.25, 0.3) is 5.91 Å². The summed E-state index contributed by atoms with van der Waals surface area (Å²) < 4.78 is 13.2. The number of amides is 1. The zero-order valence-electron chi connectivity index (χ0n) is 10.3. The fourth-order valence-corrected chi connectivity index (χ4v) is 1.75. The number of hydrogen-bond donors (Lipinski definition) is 2. The number of guanidine groups is 1. The second kappa shape index (κ2) is 4.72. The molecule has 2 heterocycles. The lowest BCUT2D eigenvalue weighted by molar-refractivity contribution is -0.123. The van der Waals surface area contributed by atoms with E-state index in [1.807, 2.05) is 6.92 Å². The maximum Gasteiger partial charge on any atom is 0.256 e.